The van der Waals surface area contributed by atoms with Crippen LogP contribution in [0.4, 0.5) is 0 Å². The van der Waals surface area contributed by atoms with Gasteiger partial charge >= 0.3 is 5.97 Å². The van der Waals surface area contributed by atoms with Crippen LogP contribution in [0.5, 0.6) is 11.5 Å². The van der Waals surface area contributed by atoms with E-state index in [0.29, 0.717) is 41.1 Å². The Morgan fingerprint density at radius 1 is 1.19 bits per heavy atom. The van der Waals surface area contributed by atoms with E-state index in [1.807, 2.05) is 28.8 Å². The molecule has 162 valence electrons. The summed E-state index contributed by atoms with van der Waals surface area (Å²) in [5.74, 6) is 0.890. The van der Waals surface area contributed by atoms with E-state index in [0.717, 1.165) is 15.1 Å². The molecule has 0 N–H and O–H groups in total. The lowest BCUT2D eigenvalue weighted by atomic mass is 10.2. The molecule has 0 unspecified atom stereocenters. The number of esters is 1. The minimum absolute atomic E-state index is 0.164. The summed E-state index contributed by atoms with van der Waals surface area (Å²) in [6.07, 6.45) is 0.164. The van der Waals surface area contributed by atoms with Gasteiger partial charge in [0.15, 0.2) is 16.3 Å². The zero-order chi connectivity index (χ0) is 21.8. The molecular formula is C21H19ClN2O5S2. The predicted molar refractivity (Wildman–Crippen MR) is 120 cm³/mol. The monoisotopic (exact) mass is 478 g/mol. The smallest absolute Gasteiger partial charge is 0.307 e. The first kappa shape index (κ1) is 21.7. The number of thiazole rings is 1. The molecule has 2 aromatic carbocycles. The molecule has 0 spiro atoms. The third-order valence-corrected chi connectivity index (χ3v) is 6.80. The van der Waals surface area contributed by atoms with Gasteiger partial charge in [-0.15, -0.1) is 11.8 Å². The number of amides is 1. The highest BCUT2D eigenvalue weighted by Crippen LogP contribution is 2.35. The van der Waals surface area contributed by atoms with Crippen LogP contribution in [0.15, 0.2) is 46.3 Å². The molecule has 0 fully saturated rings. The Morgan fingerprint density at radius 2 is 1.90 bits per heavy atom. The molecule has 1 aliphatic heterocycles. The predicted octanol–water partition coefficient (Wildman–Crippen LogP) is 3.91. The Hall–Kier alpha value is -2.49. The molecule has 0 aliphatic carbocycles. The average molecular weight is 479 g/mol. The van der Waals surface area contributed by atoms with Gasteiger partial charge in [0.25, 0.3) is 5.91 Å². The van der Waals surface area contributed by atoms with Crippen molar-refractivity contribution in [3.05, 3.63) is 46.2 Å². The summed E-state index contributed by atoms with van der Waals surface area (Å²) in [6, 6.07) is 11.0. The van der Waals surface area contributed by atoms with Gasteiger partial charge in [0.2, 0.25) is 0 Å². The molecule has 2 heterocycles. The maximum absolute atomic E-state index is 12.6. The number of carbonyl (C=O) groups is 2. The molecule has 3 aromatic rings. The van der Waals surface area contributed by atoms with Crippen LogP contribution in [-0.2, 0) is 20.9 Å². The lowest BCUT2D eigenvalue weighted by Gasteiger charge is -2.18. The van der Waals surface area contributed by atoms with Gasteiger partial charge in [-0.3, -0.25) is 9.59 Å². The number of carbonyl (C=O) groups excluding carboxylic acids is 2. The molecule has 7 nitrogen and oxygen atoms in total. The third-order valence-electron chi connectivity index (χ3n) is 4.51. The van der Waals surface area contributed by atoms with Crippen molar-refractivity contribution in [2.24, 2.45) is 4.99 Å². The minimum atomic E-state index is -0.333. The van der Waals surface area contributed by atoms with Gasteiger partial charge in [0.1, 0.15) is 13.2 Å². The molecular weight excluding hydrogens is 460 g/mol. The Labute approximate surface area is 191 Å². The van der Waals surface area contributed by atoms with E-state index in [4.69, 9.17) is 25.8 Å². The highest BCUT2D eigenvalue weighted by molar-refractivity contribution is 8.00. The number of hydrogen-bond donors (Lipinski definition) is 0. The number of hydrogen-bond acceptors (Lipinski definition) is 7. The van der Waals surface area contributed by atoms with E-state index in [9.17, 15) is 9.59 Å². The number of aryl methyl sites for hydroxylation is 1. The molecule has 31 heavy (non-hydrogen) atoms. The number of nitrogens with zero attached hydrogens (tertiary/aromatic N) is 2. The van der Waals surface area contributed by atoms with Crippen molar-refractivity contribution in [1.82, 2.24) is 4.57 Å². The van der Waals surface area contributed by atoms with Crippen molar-refractivity contribution in [1.29, 1.82) is 0 Å². The quantitative estimate of drug-likeness (QED) is 0.395. The standard InChI is InChI=1S/C21H19ClN2O5S2/c1-27-20(26)6-7-24-15-10-16-17(29-9-8-28-16)11-18(15)31-21(24)23-19(25)12-30-14-4-2-13(22)3-5-14/h2-5,10-11H,6-9,12H2,1H3. The number of fused-ring (bicyclic) bond motifs is 2. The fraction of sp³-hybridized carbons (Fsp3) is 0.286. The number of methoxy groups -OCH3 is 1. The molecule has 0 radical (unpaired) electrons. The van der Waals surface area contributed by atoms with Gasteiger partial charge in [-0.05, 0) is 24.3 Å². The first-order valence-corrected chi connectivity index (χ1v) is 11.7. The number of halogens is 1. The Morgan fingerprint density at radius 3 is 2.61 bits per heavy atom. The maximum Gasteiger partial charge on any atom is 0.307 e. The Bertz CT molecular complexity index is 1190. The first-order valence-electron chi connectivity index (χ1n) is 9.49. The third kappa shape index (κ3) is 5.23. The molecule has 1 aromatic heterocycles. The Kier molecular flexibility index (Phi) is 6.84. The van der Waals surface area contributed by atoms with Gasteiger partial charge in [-0.2, -0.15) is 4.99 Å². The van der Waals surface area contributed by atoms with Gasteiger partial charge in [0.05, 0.1) is 29.5 Å². The van der Waals surface area contributed by atoms with E-state index in [1.165, 1.54) is 30.2 Å². The highest BCUT2D eigenvalue weighted by atomic mass is 35.5. The van der Waals surface area contributed by atoms with Crippen LogP contribution in [0.1, 0.15) is 6.42 Å². The van der Waals surface area contributed by atoms with Gasteiger partial charge in [-0.1, -0.05) is 22.9 Å². The number of benzene rings is 2. The minimum Gasteiger partial charge on any atom is -0.486 e. The largest absolute Gasteiger partial charge is 0.486 e. The average Bonchev–Trinajstić information content (AvgIpc) is 3.11. The maximum atomic E-state index is 12.6. The number of thioether (sulfide) groups is 1. The van der Waals surface area contributed by atoms with Crippen molar-refractivity contribution in [3.63, 3.8) is 0 Å². The highest BCUT2D eigenvalue weighted by Gasteiger charge is 2.17. The summed E-state index contributed by atoms with van der Waals surface area (Å²) < 4.78 is 18.9. The summed E-state index contributed by atoms with van der Waals surface area (Å²) in [4.78, 5) is 30.0. The van der Waals surface area contributed by atoms with Crippen LogP contribution < -0.4 is 14.3 Å². The summed E-state index contributed by atoms with van der Waals surface area (Å²) in [7, 11) is 1.35. The van der Waals surface area contributed by atoms with Crippen molar-refractivity contribution in [2.75, 3.05) is 26.1 Å². The molecule has 0 bridgehead atoms. The molecule has 1 aliphatic rings. The van der Waals surface area contributed by atoms with Gasteiger partial charge in [-0.25, -0.2) is 0 Å². The van der Waals surface area contributed by atoms with E-state index in [-0.39, 0.29) is 24.1 Å². The summed E-state index contributed by atoms with van der Waals surface area (Å²) in [6.45, 7) is 1.30. The second-order valence-electron chi connectivity index (χ2n) is 6.57. The number of aromatic nitrogens is 1. The molecule has 0 atom stereocenters. The van der Waals surface area contributed by atoms with Gasteiger partial charge in [0, 0.05) is 28.6 Å². The van der Waals surface area contributed by atoms with Crippen molar-refractivity contribution in [3.8, 4) is 11.5 Å². The van der Waals surface area contributed by atoms with E-state index in [1.54, 1.807) is 12.1 Å². The van der Waals surface area contributed by atoms with E-state index >= 15 is 0 Å². The fourth-order valence-electron chi connectivity index (χ4n) is 3.03. The summed E-state index contributed by atoms with van der Waals surface area (Å²) >= 11 is 8.66. The number of ether oxygens (including phenoxy) is 3. The molecule has 10 heteroatoms. The van der Waals surface area contributed by atoms with Crippen molar-refractivity contribution >= 4 is 56.8 Å². The Balaban J connectivity index is 1.64. The van der Waals surface area contributed by atoms with Crippen LogP contribution in [0.25, 0.3) is 10.2 Å². The fourth-order valence-corrected chi connectivity index (χ4v) is 4.92. The first-order chi connectivity index (χ1) is 15.0. The van der Waals surface area contributed by atoms with Crippen LogP contribution in [-0.4, -0.2) is 42.5 Å². The lowest BCUT2D eigenvalue weighted by molar-refractivity contribution is -0.140. The SMILES string of the molecule is COC(=O)CCn1c(=NC(=O)CSc2ccc(Cl)cc2)sc2cc3c(cc21)OCCO3. The van der Waals surface area contributed by atoms with Crippen LogP contribution in [0.3, 0.4) is 0 Å². The molecule has 4 rings (SSSR count). The lowest BCUT2D eigenvalue weighted by Crippen LogP contribution is -2.20. The van der Waals surface area contributed by atoms with Crippen molar-refractivity contribution in [2.45, 2.75) is 17.9 Å². The second-order valence-corrected chi connectivity index (χ2v) is 9.07. The zero-order valence-corrected chi connectivity index (χ0v) is 19.0. The number of rotatable bonds is 6. The van der Waals surface area contributed by atoms with Crippen LogP contribution in [0, 0.1) is 0 Å². The van der Waals surface area contributed by atoms with Crippen LogP contribution in [0.2, 0.25) is 5.02 Å². The normalized spacial score (nSPS) is 13.4. The summed E-state index contributed by atoms with van der Waals surface area (Å²) in [5, 5.41) is 0.646. The van der Waals surface area contributed by atoms with Gasteiger partial charge < -0.3 is 18.8 Å². The zero-order valence-electron chi connectivity index (χ0n) is 16.6. The van der Waals surface area contributed by atoms with Crippen LogP contribution >= 0.6 is 34.7 Å². The summed E-state index contributed by atoms with van der Waals surface area (Å²) in [5.41, 5.74) is 0.829. The molecule has 0 saturated carbocycles. The van der Waals surface area contributed by atoms with E-state index < -0.39 is 0 Å². The second kappa shape index (κ2) is 9.76. The topological polar surface area (TPSA) is 79.1 Å². The molecule has 0 saturated heterocycles. The van der Waals surface area contributed by atoms with E-state index in [2.05, 4.69) is 4.99 Å². The van der Waals surface area contributed by atoms with Crippen molar-refractivity contribution < 1.29 is 23.8 Å². The molecule has 1 amide bonds.